The van der Waals surface area contributed by atoms with E-state index in [-0.39, 0.29) is 17.5 Å². The maximum atomic E-state index is 11.9. The van der Waals surface area contributed by atoms with Crippen molar-refractivity contribution in [3.05, 3.63) is 0 Å². The van der Waals surface area contributed by atoms with Crippen LogP contribution >= 0.6 is 0 Å². The van der Waals surface area contributed by atoms with Crippen molar-refractivity contribution in [2.75, 3.05) is 6.54 Å². The number of nitrogens with one attached hydrogen (secondary N) is 2. The van der Waals surface area contributed by atoms with E-state index < -0.39 is 11.9 Å². The Kier molecular flexibility index (Phi) is 4.32. The van der Waals surface area contributed by atoms with Gasteiger partial charge in [-0.3, -0.25) is 4.79 Å². The van der Waals surface area contributed by atoms with E-state index in [0.717, 1.165) is 38.5 Å². The van der Waals surface area contributed by atoms with Crippen LogP contribution in [0.5, 0.6) is 0 Å². The molecule has 2 aliphatic carbocycles. The van der Waals surface area contributed by atoms with Gasteiger partial charge < -0.3 is 15.7 Å². The van der Waals surface area contributed by atoms with Gasteiger partial charge in [0, 0.05) is 12.6 Å². The number of aliphatic carboxylic acids is 1. The van der Waals surface area contributed by atoms with Crippen molar-refractivity contribution in [3.8, 4) is 0 Å². The Labute approximate surface area is 114 Å². The summed E-state index contributed by atoms with van der Waals surface area (Å²) < 4.78 is 0. The highest BCUT2D eigenvalue weighted by molar-refractivity contribution is 5.76. The Morgan fingerprint density at radius 3 is 2.53 bits per heavy atom. The number of hydrogen-bond acceptors (Lipinski definition) is 2. The summed E-state index contributed by atoms with van der Waals surface area (Å²) in [5.41, 5.74) is 0.271. The molecule has 0 saturated heterocycles. The van der Waals surface area contributed by atoms with E-state index in [1.54, 1.807) is 0 Å². The van der Waals surface area contributed by atoms with Crippen LogP contribution in [-0.4, -0.2) is 29.7 Å². The minimum atomic E-state index is -0.790. The van der Waals surface area contributed by atoms with Gasteiger partial charge in [-0.2, -0.15) is 0 Å². The lowest BCUT2D eigenvalue weighted by molar-refractivity contribution is -0.142. The first-order valence-electron chi connectivity index (χ1n) is 7.27. The first-order chi connectivity index (χ1) is 9.00. The molecule has 2 amide bonds. The van der Waals surface area contributed by atoms with Crippen molar-refractivity contribution in [1.82, 2.24) is 10.6 Å². The van der Waals surface area contributed by atoms with E-state index in [2.05, 4.69) is 17.6 Å². The van der Waals surface area contributed by atoms with E-state index in [0.29, 0.717) is 13.0 Å². The summed E-state index contributed by atoms with van der Waals surface area (Å²) in [6.07, 6.45) is 6.74. The average molecular weight is 268 g/mol. The molecule has 0 bridgehead atoms. The standard InChI is InChI=1S/C14H24N2O3/c1-14(7-8-14)9-15-13(19)16-11-6-4-2-3-5-10(11)12(17)18/h10-11H,2-9H2,1H3,(H,17,18)(H2,15,16,19). The first-order valence-corrected chi connectivity index (χ1v) is 7.27. The maximum absolute atomic E-state index is 11.9. The highest BCUT2D eigenvalue weighted by Crippen LogP contribution is 2.43. The molecule has 0 aromatic rings. The zero-order valence-corrected chi connectivity index (χ0v) is 11.6. The molecule has 2 unspecified atom stereocenters. The van der Waals surface area contributed by atoms with Crippen LogP contribution in [-0.2, 0) is 4.79 Å². The fraction of sp³-hybridized carbons (Fsp3) is 0.857. The lowest BCUT2D eigenvalue weighted by Gasteiger charge is -2.23. The molecule has 0 aliphatic heterocycles. The number of carbonyl (C=O) groups excluding carboxylic acids is 1. The number of carbonyl (C=O) groups is 2. The Bertz CT molecular complexity index is 353. The first kappa shape index (κ1) is 14.2. The van der Waals surface area contributed by atoms with Crippen molar-refractivity contribution in [3.63, 3.8) is 0 Å². The second-order valence-electron chi connectivity index (χ2n) is 6.33. The lowest BCUT2D eigenvalue weighted by atomic mass is 9.95. The number of urea groups is 1. The second-order valence-corrected chi connectivity index (χ2v) is 6.33. The summed E-state index contributed by atoms with van der Waals surface area (Å²) in [5.74, 6) is -1.23. The van der Waals surface area contributed by atoms with Crippen molar-refractivity contribution in [2.45, 2.75) is 57.9 Å². The number of carboxylic acid groups (broad SMARTS) is 1. The van der Waals surface area contributed by atoms with Gasteiger partial charge in [-0.05, 0) is 31.1 Å². The van der Waals surface area contributed by atoms with E-state index >= 15 is 0 Å². The quantitative estimate of drug-likeness (QED) is 0.683. The normalized spacial score (nSPS) is 29.1. The molecule has 0 spiro atoms. The molecule has 0 heterocycles. The third kappa shape index (κ3) is 4.11. The van der Waals surface area contributed by atoms with E-state index in [1.807, 2.05) is 0 Å². The van der Waals surface area contributed by atoms with Crippen LogP contribution < -0.4 is 10.6 Å². The largest absolute Gasteiger partial charge is 0.481 e. The monoisotopic (exact) mass is 268 g/mol. The minimum Gasteiger partial charge on any atom is -0.481 e. The zero-order valence-electron chi connectivity index (χ0n) is 11.6. The molecular formula is C14H24N2O3. The predicted molar refractivity (Wildman–Crippen MR) is 71.9 cm³/mol. The number of amides is 2. The van der Waals surface area contributed by atoms with Gasteiger partial charge in [0.25, 0.3) is 0 Å². The molecule has 2 aliphatic rings. The van der Waals surface area contributed by atoms with Gasteiger partial charge in [-0.1, -0.05) is 26.2 Å². The van der Waals surface area contributed by atoms with Crippen molar-refractivity contribution < 1.29 is 14.7 Å². The third-order valence-corrected chi connectivity index (χ3v) is 4.43. The summed E-state index contributed by atoms with van der Waals surface area (Å²) in [6.45, 7) is 2.84. The molecule has 2 saturated carbocycles. The predicted octanol–water partition coefficient (Wildman–Crippen LogP) is 2.12. The molecular weight excluding hydrogens is 244 g/mol. The van der Waals surface area contributed by atoms with Crippen LogP contribution in [0, 0.1) is 11.3 Å². The molecule has 108 valence electrons. The minimum absolute atomic E-state index is 0.216. The Hall–Kier alpha value is -1.26. The summed E-state index contributed by atoms with van der Waals surface area (Å²) >= 11 is 0. The van der Waals surface area contributed by atoms with Crippen LogP contribution in [0.1, 0.15) is 51.9 Å². The Balaban J connectivity index is 1.83. The molecule has 0 aromatic heterocycles. The lowest BCUT2D eigenvalue weighted by Crippen LogP contribution is -2.48. The molecule has 3 N–H and O–H groups in total. The summed E-state index contributed by atoms with van der Waals surface area (Å²) in [4.78, 5) is 23.1. The maximum Gasteiger partial charge on any atom is 0.315 e. The van der Waals surface area contributed by atoms with Gasteiger partial charge in [0.05, 0.1) is 5.92 Å². The van der Waals surface area contributed by atoms with Crippen LogP contribution in [0.25, 0.3) is 0 Å². The van der Waals surface area contributed by atoms with E-state index in [4.69, 9.17) is 0 Å². The van der Waals surface area contributed by atoms with E-state index in [1.165, 1.54) is 0 Å². The topological polar surface area (TPSA) is 78.4 Å². The fourth-order valence-corrected chi connectivity index (χ4v) is 2.68. The molecule has 2 rings (SSSR count). The van der Waals surface area contributed by atoms with Crippen LogP contribution in [0.3, 0.4) is 0 Å². The number of rotatable bonds is 4. The molecule has 19 heavy (non-hydrogen) atoms. The smallest absolute Gasteiger partial charge is 0.315 e. The SMILES string of the molecule is CC1(CNC(=O)NC2CCCCCC2C(=O)O)CC1. The van der Waals surface area contributed by atoms with Gasteiger partial charge in [0.15, 0.2) is 0 Å². The zero-order chi connectivity index (χ0) is 13.9. The highest BCUT2D eigenvalue weighted by atomic mass is 16.4. The third-order valence-electron chi connectivity index (χ3n) is 4.43. The molecule has 5 heteroatoms. The van der Waals surface area contributed by atoms with Crippen molar-refractivity contribution in [1.29, 1.82) is 0 Å². The molecule has 5 nitrogen and oxygen atoms in total. The van der Waals surface area contributed by atoms with Crippen LogP contribution in [0.4, 0.5) is 4.79 Å². The van der Waals surface area contributed by atoms with Crippen LogP contribution in [0.2, 0.25) is 0 Å². The molecule has 0 aromatic carbocycles. The number of carboxylic acids is 1. The molecule has 2 fully saturated rings. The van der Waals surface area contributed by atoms with Crippen molar-refractivity contribution >= 4 is 12.0 Å². The summed E-state index contributed by atoms with van der Waals surface area (Å²) in [6, 6.07) is -0.446. The fourth-order valence-electron chi connectivity index (χ4n) is 2.68. The molecule has 0 radical (unpaired) electrons. The van der Waals surface area contributed by atoms with Gasteiger partial charge >= 0.3 is 12.0 Å². The van der Waals surface area contributed by atoms with Gasteiger partial charge in [0.2, 0.25) is 0 Å². The second kappa shape index (κ2) is 5.80. The average Bonchev–Trinajstić information content (AvgIpc) is 3.11. The summed E-state index contributed by atoms with van der Waals surface area (Å²) in [7, 11) is 0. The number of hydrogen-bond donors (Lipinski definition) is 3. The van der Waals surface area contributed by atoms with Gasteiger partial charge in [-0.15, -0.1) is 0 Å². The van der Waals surface area contributed by atoms with Crippen molar-refractivity contribution in [2.24, 2.45) is 11.3 Å². The summed E-state index contributed by atoms with van der Waals surface area (Å²) in [5, 5.41) is 15.0. The molecule has 2 atom stereocenters. The van der Waals surface area contributed by atoms with Gasteiger partial charge in [0.1, 0.15) is 0 Å². The van der Waals surface area contributed by atoms with E-state index in [9.17, 15) is 14.7 Å². The van der Waals surface area contributed by atoms with Gasteiger partial charge in [-0.25, -0.2) is 4.79 Å². The van der Waals surface area contributed by atoms with Crippen LogP contribution in [0.15, 0.2) is 0 Å². The Morgan fingerprint density at radius 1 is 1.21 bits per heavy atom. The Morgan fingerprint density at radius 2 is 1.89 bits per heavy atom. The highest BCUT2D eigenvalue weighted by Gasteiger charge is 2.37.